The molecule has 0 aromatic heterocycles. The molecule has 0 saturated heterocycles. The lowest BCUT2D eigenvalue weighted by atomic mass is 10.2. The number of aliphatic hydroxyl groups excluding tert-OH is 1. The van der Waals surface area contributed by atoms with Crippen LogP contribution in [0.25, 0.3) is 0 Å². The Morgan fingerprint density at radius 2 is 2.00 bits per heavy atom. The van der Waals surface area contributed by atoms with E-state index in [1.165, 1.54) is 6.92 Å². The maximum atomic E-state index is 11.4. The molecule has 0 bridgehead atoms. The fourth-order valence-electron chi connectivity index (χ4n) is 0.844. The first-order chi connectivity index (χ1) is 8.03. The molecule has 0 aromatic rings. The van der Waals surface area contributed by atoms with Crippen LogP contribution in [-0.4, -0.2) is 21.4 Å². The smallest absolute Gasteiger partial charge is 0.412 e. The van der Waals surface area contributed by atoms with Crippen LogP contribution in [0.3, 0.4) is 0 Å². The molecular formula is C11H17BrN2O3S. The van der Waals surface area contributed by atoms with Crippen LogP contribution in [0.15, 0.2) is 22.3 Å². The fourth-order valence-corrected chi connectivity index (χ4v) is 1.99. The summed E-state index contributed by atoms with van der Waals surface area (Å²) in [7, 11) is 0. The lowest BCUT2D eigenvalue weighted by molar-refractivity contribution is 0.0550. The van der Waals surface area contributed by atoms with Crippen LogP contribution in [0.2, 0.25) is 0 Å². The molecule has 102 valence electrons. The van der Waals surface area contributed by atoms with E-state index >= 15 is 0 Å². The maximum absolute atomic E-state index is 11.4. The summed E-state index contributed by atoms with van der Waals surface area (Å²) in [5.41, 5.74) is -0.595. The number of hydrogen-bond donors (Lipinski definition) is 3. The molecular weight excluding hydrogens is 320 g/mol. The third kappa shape index (κ3) is 7.39. The Morgan fingerprint density at radius 3 is 2.33 bits per heavy atom. The van der Waals surface area contributed by atoms with Crippen molar-refractivity contribution in [3.05, 3.63) is 22.3 Å². The monoisotopic (exact) mass is 336 g/mol. The van der Waals surface area contributed by atoms with Crippen LogP contribution in [0, 0.1) is 5.41 Å². The molecule has 0 aliphatic carbocycles. The van der Waals surface area contributed by atoms with E-state index in [0.29, 0.717) is 0 Å². The zero-order valence-corrected chi connectivity index (χ0v) is 13.2. The van der Waals surface area contributed by atoms with Crippen LogP contribution in [-0.2, 0) is 4.74 Å². The molecule has 0 spiro atoms. The molecule has 3 N–H and O–H groups in total. The van der Waals surface area contributed by atoms with Crippen molar-refractivity contribution in [1.29, 1.82) is 5.41 Å². The molecule has 18 heavy (non-hydrogen) atoms. The van der Waals surface area contributed by atoms with Crippen molar-refractivity contribution in [3.8, 4) is 0 Å². The summed E-state index contributed by atoms with van der Waals surface area (Å²) in [5.74, 6) is -0.0333. The predicted octanol–water partition coefficient (Wildman–Crippen LogP) is 3.88. The van der Waals surface area contributed by atoms with E-state index in [1.54, 1.807) is 20.8 Å². The Morgan fingerprint density at radius 1 is 1.50 bits per heavy atom. The van der Waals surface area contributed by atoms with Crippen molar-refractivity contribution in [2.24, 2.45) is 0 Å². The SMILES string of the molecule is C=C(NC(=O)OC(C)(C)C)SC(C(=N)Br)=C(C)O. The molecule has 0 aromatic carbocycles. The first-order valence-corrected chi connectivity index (χ1v) is 6.65. The molecule has 0 rings (SSSR count). The minimum Gasteiger partial charge on any atom is -0.511 e. The van der Waals surface area contributed by atoms with Gasteiger partial charge < -0.3 is 9.84 Å². The lowest BCUT2D eigenvalue weighted by Gasteiger charge is -2.20. The Bertz CT molecular complexity index is 396. The molecule has 0 unspecified atom stereocenters. The van der Waals surface area contributed by atoms with E-state index < -0.39 is 11.7 Å². The standard InChI is InChI=1S/C11H17BrN2O3S/c1-6(15)8(9(12)13)18-7(2)14-10(16)17-11(3,4)5/h13,15H,2H2,1,3-5H3,(H,14,16). The van der Waals surface area contributed by atoms with Crippen LogP contribution in [0.1, 0.15) is 27.7 Å². The number of ether oxygens (including phenoxy) is 1. The predicted molar refractivity (Wildman–Crippen MR) is 78.1 cm³/mol. The zero-order chi connectivity index (χ0) is 14.5. The number of hydrogen-bond acceptors (Lipinski definition) is 5. The summed E-state index contributed by atoms with van der Waals surface area (Å²) in [5, 5.41) is 19.4. The number of aliphatic hydroxyl groups is 1. The van der Waals surface area contributed by atoms with Gasteiger partial charge in [0.15, 0.2) is 0 Å². The minimum atomic E-state index is -0.629. The fraction of sp³-hybridized carbons (Fsp3) is 0.455. The van der Waals surface area contributed by atoms with Gasteiger partial charge in [-0.2, -0.15) is 0 Å². The van der Waals surface area contributed by atoms with Gasteiger partial charge in [-0.1, -0.05) is 18.3 Å². The summed E-state index contributed by atoms with van der Waals surface area (Å²) >= 11 is 3.91. The van der Waals surface area contributed by atoms with Gasteiger partial charge in [-0.25, -0.2) is 4.79 Å². The molecule has 0 aliphatic heterocycles. The van der Waals surface area contributed by atoms with Gasteiger partial charge in [0, 0.05) is 0 Å². The number of nitrogens with one attached hydrogen (secondary N) is 2. The molecule has 0 atom stereocenters. The average molecular weight is 337 g/mol. The van der Waals surface area contributed by atoms with Crippen molar-refractivity contribution >= 4 is 38.4 Å². The number of rotatable bonds is 4. The molecule has 1 amide bonds. The molecule has 0 aliphatic rings. The highest BCUT2D eigenvalue weighted by Crippen LogP contribution is 2.27. The second-order valence-electron chi connectivity index (χ2n) is 4.38. The molecule has 0 fully saturated rings. The Labute approximate surface area is 119 Å². The van der Waals surface area contributed by atoms with Crippen molar-refractivity contribution in [1.82, 2.24) is 5.32 Å². The molecule has 0 radical (unpaired) electrons. The first kappa shape index (κ1) is 17.1. The van der Waals surface area contributed by atoms with Gasteiger partial charge in [-0.3, -0.25) is 10.7 Å². The Balaban J connectivity index is 4.49. The van der Waals surface area contributed by atoms with Crippen molar-refractivity contribution < 1.29 is 14.6 Å². The van der Waals surface area contributed by atoms with E-state index in [2.05, 4.69) is 27.8 Å². The van der Waals surface area contributed by atoms with Crippen LogP contribution in [0.5, 0.6) is 0 Å². The first-order valence-electron chi connectivity index (χ1n) is 5.04. The van der Waals surface area contributed by atoms with Gasteiger partial charge >= 0.3 is 6.09 Å². The number of amides is 1. The van der Waals surface area contributed by atoms with Gasteiger partial charge in [-0.05, 0) is 43.6 Å². The van der Waals surface area contributed by atoms with Gasteiger partial charge in [0.1, 0.15) is 16.0 Å². The normalized spacial score (nSPS) is 12.5. The molecule has 5 nitrogen and oxygen atoms in total. The number of halogens is 1. The summed E-state index contributed by atoms with van der Waals surface area (Å²) < 4.78 is 5.06. The zero-order valence-electron chi connectivity index (χ0n) is 10.8. The number of thioether (sulfide) groups is 1. The molecule has 0 saturated carbocycles. The third-order valence-corrected chi connectivity index (χ3v) is 3.10. The number of carbonyl (C=O) groups is 1. The van der Waals surface area contributed by atoms with Crippen molar-refractivity contribution in [2.45, 2.75) is 33.3 Å². The third-order valence-electron chi connectivity index (χ3n) is 1.39. The second-order valence-corrected chi connectivity index (χ2v) is 6.28. The number of carbonyl (C=O) groups excluding carboxylic acids is 1. The summed E-state index contributed by atoms with van der Waals surface area (Å²) in [6.45, 7) is 10.3. The summed E-state index contributed by atoms with van der Waals surface area (Å²) in [4.78, 5) is 11.7. The number of alkyl carbamates (subject to hydrolysis) is 1. The van der Waals surface area contributed by atoms with Crippen molar-refractivity contribution in [3.63, 3.8) is 0 Å². The van der Waals surface area contributed by atoms with Gasteiger partial charge in [0.05, 0.1) is 9.93 Å². The highest BCUT2D eigenvalue weighted by molar-refractivity contribution is 9.18. The quantitative estimate of drug-likeness (QED) is 0.537. The lowest BCUT2D eigenvalue weighted by Crippen LogP contribution is -2.31. The van der Waals surface area contributed by atoms with Crippen LogP contribution in [0.4, 0.5) is 4.79 Å². The van der Waals surface area contributed by atoms with Crippen molar-refractivity contribution in [2.75, 3.05) is 0 Å². The highest BCUT2D eigenvalue weighted by Gasteiger charge is 2.18. The minimum absolute atomic E-state index is 0.0136. The topological polar surface area (TPSA) is 82.4 Å². The molecule has 0 heterocycles. The second kappa shape index (κ2) is 6.84. The van der Waals surface area contributed by atoms with E-state index in [9.17, 15) is 9.90 Å². The van der Waals surface area contributed by atoms with Gasteiger partial charge in [-0.15, -0.1) is 0 Å². The van der Waals surface area contributed by atoms with Gasteiger partial charge in [0.25, 0.3) is 0 Å². The van der Waals surface area contributed by atoms with E-state index in [4.69, 9.17) is 10.1 Å². The van der Waals surface area contributed by atoms with E-state index in [-0.39, 0.29) is 20.3 Å². The maximum Gasteiger partial charge on any atom is 0.412 e. The highest BCUT2D eigenvalue weighted by atomic mass is 79.9. The van der Waals surface area contributed by atoms with E-state index in [0.717, 1.165) is 11.8 Å². The Hall–Kier alpha value is -0.950. The van der Waals surface area contributed by atoms with E-state index in [1.807, 2.05) is 0 Å². The number of allylic oxidation sites excluding steroid dienone is 2. The summed E-state index contributed by atoms with van der Waals surface area (Å²) in [6.07, 6.45) is -0.629. The summed E-state index contributed by atoms with van der Waals surface area (Å²) in [6, 6.07) is 0. The Kier molecular flexibility index (Phi) is 6.48. The largest absolute Gasteiger partial charge is 0.511 e. The average Bonchev–Trinajstić information content (AvgIpc) is 2.09. The van der Waals surface area contributed by atoms with Crippen LogP contribution < -0.4 is 5.32 Å². The van der Waals surface area contributed by atoms with Crippen LogP contribution >= 0.6 is 27.7 Å². The van der Waals surface area contributed by atoms with Gasteiger partial charge in [0.2, 0.25) is 0 Å². The molecule has 7 heteroatoms.